The molecule has 0 N–H and O–H groups in total. The molecule has 1 amide bonds. The van der Waals surface area contributed by atoms with Crippen molar-refractivity contribution < 1.29 is 13.2 Å². The zero-order chi connectivity index (χ0) is 22.3. The van der Waals surface area contributed by atoms with Gasteiger partial charge in [-0.05, 0) is 56.7 Å². The molecule has 0 aliphatic carbocycles. The van der Waals surface area contributed by atoms with E-state index in [0.717, 1.165) is 22.2 Å². The van der Waals surface area contributed by atoms with E-state index in [1.165, 1.54) is 4.31 Å². The Morgan fingerprint density at radius 1 is 0.903 bits per heavy atom. The predicted octanol–water partition coefficient (Wildman–Crippen LogP) is 3.99. The van der Waals surface area contributed by atoms with Gasteiger partial charge in [0.2, 0.25) is 10.0 Å². The molecule has 0 spiro atoms. The Morgan fingerprint density at radius 2 is 1.55 bits per heavy atom. The Labute approximate surface area is 184 Å². The molecule has 1 saturated heterocycles. The third-order valence-electron chi connectivity index (χ3n) is 6.12. The van der Waals surface area contributed by atoms with E-state index in [4.69, 9.17) is 0 Å². The van der Waals surface area contributed by atoms with Crippen molar-refractivity contribution in [3.05, 3.63) is 65.5 Å². The number of carbonyl (C=O) groups excluding carboxylic acids is 1. The van der Waals surface area contributed by atoms with Crippen LogP contribution in [0.25, 0.3) is 10.8 Å². The second-order valence-corrected chi connectivity index (χ2v) is 10.4. The first-order valence-corrected chi connectivity index (χ1v) is 12.1. The number of hydrogen-bond acceptors (Lipinski definition) is 3. The van der Waals surface area contributed by atoms with Gasteiger partial charge in [0.25, 0.3) is 5.91 Å². The molecule has 0 unspecified atom stereocenters. The van der Waals surface area contributed by atoms with Crippen LogP contribution in [-0.4, -0.2) is 54.3 Å². The molecule has 2 aromatic carbocycles. The summed E-state index contributed by atoms with van der Waals surface area (Å²) in [6, 6.07) is 15.2. The van der Waals surface area contributed by atoms with Crippen molar-refractivity contribution in [2.75, 3.05) is 26.2 Å². The quantitative estimate of drug-likeness (QED) is 0.618. The van der Waals surface area contributed by atoms with Crippen molar-refractivity contribution in [1.29, 1.82) is 0 Å². The molecule has 31 heavy (non-hydrogen) atoms. The molecule has 0 saturated carbocycles. The van der Waals surface area contributed by atoms with Crippen molar-refractivity contribution in [1.82, 2.24) is 13.8 Å². The van der Waals surface area contributed by atoms with Crippen molar-refractivity contribution in [3.8, 4) is 0 Å². The molecule has 1 aromatic heterocycles. The standard InChI is InChI=1S/C24H29N3O3S/c1-17(2)27-18(3)15-23(19(27)4)24(28)25-11-13-26(14-12-25)31(29,30)22-10-9-20-7-5-6-8-21(20)16-22/h5-10,15-17H,11-14H2,1-4H3. The molecule has 7 heteroatoms. The lowest BCUT2D eigenvalue weighted by Gasteiger charge is -2.34. The summed E-state index contributed by atoms with van der Waals surface area (Å²) in [5.74, 6) is -0.0252. The topological polar surface area (TPSA) is 62.6 Å². The number of sulfonamides is 1. The Hall–Kier alpha value is -2.64. The van der Waals surface area contributed by atoms with Crippen LogP contribution in [0.2, 0.25) is 0 Å². The largest absolute Gasteiger partial charge is 0.346 e. The lowest BCUT2D eigenvalue weighted by Crippen LogP contribution is -2.50. The molecule has 4 rings (SSSR count). The second-order valence-electron chi connectivity index (χ2n) is 8.45. The Kier molecular flexibility index (Phi) is 5.66. The molecule has 6 nitrogen and oxygen atoms in total. The van der Waals surface area contributed by atoms with Crippen LogP contribution in [0.1, 0.15) is 41.6 Å². The van der Waals surface area contributed by atoms with Crippen LogP contribution in [0.3, 0.4) is 0 Å². The average Bonchev–Trinajstić information content (AvgIpc) is 3.07. The first-order valence-electron chi connectivity index (χ1n) is 10.7. The molecule has 0 radical (unpaired) electrons. The Bertz CT molecular complexity index is 1240. The van der Waals surface area contributed by atoms with Crippen molar-refractivity contribution in [2.45, 2.75) is 38.6 Å². The zero-order valence-electron chi connectivity index (χ0n) is 18.5. The lowest BCUT2D eigenvalue weighted by atomic mass is 10.1. The fourth-order valence-electron chi connectivity index (χ4n) is 4.57. The third kappa shape index (κ3) is 3.88. The summed E-state index contributed by atoms with van der Waals surface area (Å²) >= 11 is 0. The van der Waals surface area contributed by atoms with E-state index in [9.17, 15) is 13.2 Å². The predicted molar refractivity (Wildman–Crippen MR) is 123 cm³/mol. The van der Waals surface area contributed by atoms with Gasteiger partial charge in [0, 0.05) is 43.6 Å². The van der Waals surface area contributed by atoms with Gasteiger partial charge in [0.15, 0.2) is 0 Å². The van der Waals surface area contributed by atoms with Gasteiger partial charge in [-0.25, -0.2) is 8.42 Å². The summed E-state index contributed by atoms with van der Waals surface area (Å²) in [6.45, 7) is 9.55. The Balaban J connectivity index is 1.50. The smallest absolute Gasteiger partial charge is 0.255 e. The number of amides is 1. The maximum atomic E-state index is 13.2. The summed E-state index contributed by atoms with van der Waals surface area (Å²) in [7, 11) is -3.60. The van der Waals surface area contributed by atoms with Crippen LogP contribution in [-0.2, 0) is 10.0 Å². The maximum Gasteiger partial charge on any atom is 0.255 e. The normalized spacial score (nSPS) is 15.7. The lowest BCUT2D eigenvalue weighted by molar-refractivity contribution is 0.0697. The number of piperazine rings is 1. The van der Waals surface area contributed by atoms with Gasteiger partial charge in [-0.3, -0.25) is 4.79 Å². The number of aromatic nitrogens is 1. The SMILES string of the molecule is Cc1cc(C(=O)N2CCN(S(=O)(=O)c3ccc4ccccc4c3)CC2)c(C)n1C(C)C. The molecule has 1 aliphatic rings. The van der Waals surface area contributed by atoms with E-state index >= 15 is 0 Å². The van der Waals surface area contributed by atoms with Crippen LogP contribution in [0, 0.1) is 13.8 Å². The molecular weight excluding hydrogens is 410 g/mol. The first kappa shape index (κ1) is 21.6. The van der Waals surface area contributed by atoms with Crippen molar-refractivity contribution in [3.63, 3.8) is 0 Å². The average molecular weight is 440 g/mol. The summed E-state index contributed by atoms with van der Waals surface area (Å²) in [6.07, 6.45) is 0. The van der Waals surface area contributed by atoms with Gasteiger partial charge < -0.3 is 9.47 Å². The van der Waals surface area contributed by atoms with Gasteiger partial charge in [-0.1, -0.05) is 30.3 Å². The fraction of sp³-hybridized carbons (Fsp3) is 0.375. The summed E-state index contributed by atoms with van der Waals surface area (Å²) < 4.78 is 30.0. The summed E-state index contributed by atoms with van der Waals surface area (Å²) in [4.78, 5) is 15.2. The highest BCUT2D eigenvalue weighted by Crippen LogP contribution is 2.25. The molecule has 1 aliphatic heterocycles. The molecular formula is C24H29N3O3S. The number of benzene rings is 2. The van der Waals surface area contributed by atoms with Gasteiger partial charge in [-0.15, -0.1) is 0 Å². The summed E-state index contributed by atoms with van der Waals surface area (Å²) in [5.41, 5.74) is 2.73. The van der Waals surface area contributed by atoms with E-state index in [1.54, 1.807) is 17.0 Å². The minimum Gasteiger partial charge on any atom is -0.346 e. The van der Waals surface area contributed by atoms with Crippen LogP contribution in [0.4, 0.5) is 0 Å². The molecule has 2 heterocycles. The zero-order valence-corrected chi connectivity index (χ0v) is 19.3. The molecule has 0 bridgehead atoms. The number of aryl methyl sites for hydroxylation is 1. The fourth-order valence-corrected chi connectivity index (χ4v) is 6.03. The third-order valence-corrected chi connectivity index (χ3v) is 8.01. The van der Waals surface area contributed by atoms with Crippen LogP contribution in [0.5, 0.6) is 0 Å². The van der Waals surface area contributed by atoms with Crippen molar-refractivity contribution >= 4 is 26.7 Å². The number of hydrogen-bond donors (Lipinski definition) is 0. The highest BCUT2D eigenvalue weighted by atomic mass is 32.2. The van der Waals surface area contributed by atoms with E-state index in [0.29, 0.717) is 36.6 Å². The molecule has 164 valence electrons. The van der Waals surface area contributed by atoms with E-state index in [2.05, 4.69) is 18.4 Å². The first-order chi connectivity index (χ1) is 14.7. The van der Waals surface area contributed by atoms with Crippen LogP contribution in [0.15, 0.2) is 53.4 Å². The van der Waals surface area contributed by atoms with E-state index in [-0.39, 0.29) is 11.9 Å². The van der Waals surface area contributed by atoms with Gasteiger partial charge in [-0.2, -0.15) is 4.31 Å². The number of fused-ring (bicyclic) bond motifs is 1. The number of nitrogens with zero attached hydrogens (tertiary/aromatic N) is 3. The van der Waals surface area contributed by atoms with E-state index < -0.39 is 10.0 Å². The highest BCUT2D eigenvalue weighted by Gasteiger charge is 2.31. The molecule has 0 atom stereocenters. The van der Waals surface area contributed by atoms with Gasteiger partial charge >= 0.3 is 0 Å². The van der Waals surface area contributed by atoms with E-state index in [1.807, 2.05) is 50.2 Å². The maximum absolute atomic E-state index is 13.2. The van der Waals surface area contributed by atoms with Gasteiger partial charge in [0.05, 0.1) is 10.5 Å². The van der Waals surface area contributed by atoms with Crippen LogP contribution >= 0.6 is 0 Å². The van der Waals surface area contributed by atoms with Crippen molar-refractivity contribution in [2.24, 2.45) is 0 Å². The summed E-state index contributed by atoms with van der Waals surface area (Å²) in [5, 5.41) is 1.91. The minimum atomic E-state index is -3.60. The highest BCUT2D eigenvalue weighted by molar-refractivity contribution is 7.89. The minimum absolute atomic E-state index is 0.0252. The molecule has 3 aromatic rings. The monoisotopic (exact) mass is 439 g/mol. The second kappa shape index (κ2) is 8.13. The van der Waals surface area contributed by atoms with Crippen LogP contribution < -0.4 is 0 Å². The Morgan fingerprint density at radius 3 is 2.16 bits per heavy atom. The number of rotatable bonds is 4. The van der Waals surface area contributed by atoms with Gasteiger partial charge in [0.1, 0.15) is 0 Å². The molecule has 1 fully saturated rings. The number of carbonyl (C=O) groups is 1.